The molecular formula is C18H28BrNO. The Morgan fingerprint density at radius 1 is 1.33 bits per heavy atom. The predicted octanol–water partition coefficient (Wildman–Crippen LogP) is 4.93. The van der Waals surface area contributed by atoms with E-state index in [0.29, 0.717) is 0 Å². The van der Waals surface area contributed by atoms with Crippen molar-refractivity contribution in [3.8, 4) is 5.75 Å². The molecule has 0 aromatic heterocycles. The Balaban J connectivity index is 2.12. The van der Waals surface area contributed by atoms with Gasteiger partial charge < -0.3 is 10.5 Å². The molecule has 2 atom stereocenters. The van der Waals surface area contributed by atoms with Gasteiger partial charge in [-0.25, -0.2) is 0 Å². The summed E-state index contributed by atoms with van der Waals surface area (Å²) in [5.74, 6) is 2.56. The van der Waals surface area contributed by atoms with E-state index in [2.05, 4.69) is 35.8 Å². The van der Waals surface area contributed by atoms with Gasteiger partial charge in [0.1, 0.15) is 5.75 Å². The highest BCUT2D eigenvalue weighted by Crippen LogP contribution is 2.36. The lowest BCUT2D eigenvalue weighted by molar-refractivity contribution is 0.319. The molecule has 0 aliphatic heterocycles. The number of nitrogens with two attached hydrogens (primary N) is 1. The van der Waals surface area contributed by atoms with Crippen LogP contribution in [0.15, 0.2) is 22.7 Å². The van der Waals surface area contributed by atoms with Gasteiger partial charge in [-0.2, -0.15) is 0 Å². The van der Waals surface area contributed by atoms with E-state index in [1.807, 2.05) is 12.1 Å². The average Bonchev–Trinajstić information content (AvgIpc) is 2.61. The molecule has 2 rings (SSSR count). The van der Waals surface area contributed by atoms with Crippen LogP contribution in [0.5, 0.6) is 5.75 Å². The summed E-state index contributed by atoms with van der Waals surface area (Å²) in [5.41, 5.74) is 7.89. The molecule has 2 nitrogen and oxygen atoms in total. The fraction of sp³-hybridized carbons (Fsp3) is 0.667. The van der Waals surface area contributed by atoms with Crippen molar-refractivity contribution in [2.24, 2.45) is 17.6 Å². The first-order chi connectivity index (χ1) is 9.93. The molecule has 0 bridgehead atoms. The maximum absolute atomic E-state index is 6.76. The molecule has 2 N–H and O–H groups in total. The molecule has 21 heavy (non-hydrogen) atoms. The van der Waals surface area contributed by atoms with Gasteiger partial charge in [-0.05, 0) is 61.3 Å². The Hall–Kier alpha value is -0.540. The smallest absolute Gasteiger partial charge is 0.122 e. The molecule has 0 spiro atoms. The first-order valence-corrected chi connectivity index (χ1v) is 8.84. The molecule has 0 saturated heterocycles. The Kier molecular flexibility index (Phi) is 5.73. The van der Waals surface area contributed by atoms with Gasteiger partial charge in [-0.3, -0.25) is 0 Å². The highest BCUT2D eigenvalue weighted by Gasteiger charge is 2.31. The molecule has 118 valence electrons. The highest BCUT2D eigenvalue weighted by molar-refractivity contribution is 9.10. The second-order valence-corrected chi connectivity index (χ2v) is 7.85. The Labute approximate surface area is 137 Å². The number of hydrogen-bond acceptors (Lipinski definition) is 2. The summed E-state index contributed by atoms with van der Waals surface area (Å²) in [5, 5.41) is 0. The van der Waals surface area contributed by atoms with Crippen molar-refractivity contribution in [1.82, 2.24) is 0 Å². The van der Waals surface area contributed by atoms with Crippen molar-refractivity contribution in [1.29, 1.82) is 0 Å². The van der Waals surface area contributed by atoms with Crippen LogP contribution in [0.3, 0.4) is 0 Å². The van der Waals surface area contributed by atoms with Crippen LogP contribution >= 0.6 is 15.9 Å². The van der Waals surface area contributed by atoms with Crippen LogP contribution in [0.1, 0.15) is 51.5 Å². The number of methoxy groups -OCH3 is 1. The predicted molar refractivity (Wildman–Crippen MR) is 92.7 cm³/mol. The zero-order valence-corrected chi connectivity index (χ0v) is 15.1. The van der Waals surface area contributed by atoms with Crippen LogP contribution in [0.4, 0.5) is 0 Å². The van der Waals surface area contributed by atoms with Crippen molar-refractivity contribution in [3.63, 3.8) is 0 Å². The van der Waals surface area contributed by atoms with Crippen molar-refractivity contribution in [2.75, 3.05) is 7.11 Å². The lowest BCUT2D eigenvalue weighted by Crippen LogP contribution is -2.41. The quantitative estimate of drug-likeness (QED) is 0.778. The fourth-order valence-corrected chi connectivity index (χ4v) is 3.98. The zero-order valence-electron chi connectivity index (χ0n) is 13.5. The molecule has 1 aromatic carbocycles. The second-order valence-electron chi connectivity index (χ2n) is 6.93. The molecule has 0 heterocycles. The van der Waals surface area contributed by atoms with Crippen LogP contribution in [0.2, 0.25) is 0 Å². The van der Waals surface area contributed by atoms with E-state index in [1.165, 1.54) is 24.8 Å². The third-order valence-corrected chi connectivity index (χ3v) is 5.48. The molecule has 1 aromatic rings. The van der Waals surface area contributed by atoms with Gasteiger partial charge in [0.2, 0.25) is 0 Å². The second kappa shape index (κ2) is 7.15. The molecule has 1 aliphatic carbocycles. The Morgan fingerprint density at radius 3 is 2.76 bits per heavy atom. The van der Waals surface area contributed by atoms with Crippen LogP contribution in [0.25, 0.3) is 0 Å². The number of benzene rings is 1. The van der Waals surface area contributed by atoms with Gasteiger partial charge in [-0.15, -0.1) is 0 Å². The maximum atomic E-state index is 6.76. The van der Waals surface area contributed by atoms with E-state index in [0.717, 1.165) is 41.3 Å². The number of ether oxygens (including phenoxy) is 1. The monoisotopic (exact) mass is 353 g/mol. The first-order valence-electron chi connectivity index (χ1n) is 8.05. The minimum atomic E-state index is -0.0856. The maximum Gasteiger partial charge on any atom is 0.122 e. The molecule has 1 fully saturated rings. The standard InChI is InChI=1S/C18H28BrNO/c1-13(2)14-5-4-9-18(20,10-8-14)12-15-11-16(19)6-7-17(15)21-3/h6-7,11,13-14H,4-5,8-10,12,20H2,1-3H3. The Bertz CT molecular complexity index is 474. The number of rotatable bonds is 4. The van der Waals surface area contributed by atoms with Gasteiger partial charge in [0.25, 0.3) is 0 Å². The molecule has 0 radical (unpaired) electrons. The molecule has 2 unspecified atom stereocenters. The third kappa shape index (κ3) is 4.46. The zero-order chi connectivity index (χ0) is 15.5. The largest absolute Gasteiger partial charge is 0.496 e. The van der Waals surface area contributed by atoms with Crippen molar-refractivity contribution in [3.05, 3.63) is 28.2 Å². The summed E-state index contributed by atoms with van der Waals surface area (Å²) in [6.45, 7) is 4.68. The van der Waals surface area contributed by atoms with E-state index >= 15 is 0 Å². The van der Waals surface area contributed by atoms with E-state index in [-0.39, 0.29) is 5.54 Å². The first kappa shape index (κ1) is 16.8. The summed E-state index contributed by atoms with van der Waals surface area (Å²) in [6, 6.07) is 6.20. The lowest BCUT2D eigenvalue weighted by Gasteiger charge is -2.29. The fourth-order valence-electron chi connectivity index (χ4n) is 3.57. The van der Waals surface area contributed by atoms with Gasteiger partial charge in [0.15, 0.2) is 0 Å². The van der Waals surface area contributed by atoms with Crippen molar-refractivity contribution >= 4 is 15.9 Å². The SMILES string of the molecule is COc1ccc(Br)cc1CC1(N)CCCC(C(C)C)CC1. The summed E-state index contributed by atoms with van der Waals surface area (Å²) in [6.07, 6.45) is 6.96. The van der Waals surface area contributed by atoms with E-state index < -0.39 is 0 Å². The summed E-state index contributed by atoms with van der Waals surface area (Å²) in [7, 11) is 1.73. The van der Waals surface area contributed by atoms with Crippen LogP contribution in [-0.4, -0.2) is 12.6 Å². The summed E-state index contributed by atoms with van der Waals surface area (Å²) in [4.78, 5) is 0. The van der Waals surface area contributed by atoms with Gasteiger partial charge >= 0.3 is 0 Å². The van der Waals surface area contributed by atoms with Crippen LogP contribution < -0.4 is 10.5 Å². The topological polar surface area (TPSA) is 35.2 Å². The van der Waals surface area contributed by atoms with E-state index in [9.17, 15) is 0 Å². The molecule has 0 amide bonds. The number of halogens is 1. The van der Waals surface area contributed by atoms with Gasteiger partial charge in [-0.1, -0.05) is 42.6 Å². The van der Waals surface area contributed by atoms with E-state index in [4.69, 9.17) is 10.5 Å². The minimum Gasteiger partial charge on any atom is -0.496 e. The molecular weight excluding hydrogens is 326 g/mol. The summed E-state index contributed by atoms with van der Waals surface area (Å²) >= 11 is 3.56. The third-order valence-electron chi connectivity index (χ3n) is 4.99. The minimum absolute atomic E-state index is 0.0856. The average molecular weight is 354 g/mol. The van der Waals surface area contributed by atoms with Gasteiger partial charge in [0.05, 0.1) is 7.11 Å². The molecule has 1 saturated carbocycles. The van der Waals surface area contributed by atoms with Crippen LogP contribution in [-0.2, 0) is 6.42 Å². The normalized spacial score (nSPS) is 26.7. The lowest BCUT2D eigenvalue weighted by atomic mass is 9.83. The number of hydrogen-bond donors (Lipinski definition) is 1. The molecule has 1 aliphatic rings. The van der Waals surface area contributed by atoms with Gasteiger partial charge in [0, 0.05) is 10.0 Å². The van der Waals surface area contributed by atoms with Crippen LogP contribution in [0, 0.1) is 11.8 Å². The highest BCUT2D eigenvalue weighted by atomic mass is 79.9. The van der Waals surface area contributed by atoms with Crippen molar-refractivity contribution in [2.45, 2.75) is 57.9 Å². The van der Waals surface area contributed by atoms with E-state index in [1.54, 1.807) is 7.11 Å². The Morgan fingerprint density at radius 2 is 2.10 bits per heavy atom. The van der Waals surface area contributed by atoms with Crippen molar-refractivity contribution < 1.29 is 4.74 Å². The molecule has 3 heteroatoms. The summed E-state index contributed by atoms with van der Waals surface area (Å²) < 4.78 is 6.59.